The minimum atomic E-state index is 0.584. The first-order valence-electron chi connectivity index (χ1n) is 4.13. The van der Waals surface area contributed by atoms with Gasteiger partial charge in [-0.15, -0.1) is 0 Å². The Morgan fingerprint density at radius 1 is 1.25 bits per heavy atom. The smallest absolute Gasteiger partial charge is 0.0474 e. The second kappa shape index (κ2) is 4.41. The molecule has 0 aliphatic carbocycles. The molecular weight excluding hydrogens is 166 g/mol. The van der Waals surface area contributed by atoms with Crippen LogP contribution in [0.5, 0.6) is 0 Å². The lowest BCUT2D eigenvalue weighted by molar-refractivity contribution is 0.870. The van der Waals surface area contributed by atoms with E-state index >= 15 is 0 Å². The Kier molecular flexibility index (Phi) is 3.48. The van der Waals surface area contributed by atoms with Crippen LogP contribution in [0.1, 0.15) is 25.3 Å². The molecule has 0 aliphatic rings. The Balaban J connectivity index is 2.92. The summed E-state index contributed by atoms with van der Waals surface area (Å²) in [5.41, 5.74) is 2.62. The van der Waals surface area contributed by atoms with Crippen molar-refractivity contribution in [2.24, 2.45) is 0 Å². The summed E-state index contributed by atoms with van der Waals surface area (Å²) in [5, 5.41) is 0. The van der Waals surface area contributed by atoms with E-state index in [1.807, 2.05) is 6.26 Å². The summed E-state index contributed by atoms with van der Waals surface area (Å²) in [5.74, 6) is 0.584. The number of benzene rings is 1. The molecule has 0 saturated carbocycles. The maximum atomic E-state index is 3.27. The zero-order valence-electron chi connectivity index (χ0n) is 7.79. The van der Waals surface area contributed by atoms with Crippen LogP contribution in [0.25, 0.3) is 0 Å². The molecule has 0 saturated heterocycles. The summed E-state index contributed by atoms with van der Waals surface area (Å²) in [4.78, 5) is 0. The standard InChI is InChI=1S/C10H15NS/c1-8(2)9-6-4-5-7-10(9)11-12-3/h4-8,11H,1-3H3. The van der Waals surface area contributed by atoms with Crippen molar-refractivity contribution in [3.8, 4) is 0 Å². The van der Waals surface area contributed by atoms with Crippen LogP contribution in [-0.2, 0) is 0 Å². The Hall–Kier alpha value is -0.630. The molecule has 0 spiro atoms. The van der Waals surface area contributed by atoms with Gasteiger partial charge in [-0.25, -0.2) is 0 Å². The molecule has 1 N–H and O–H groups in total. The minimum absolute atomic E-state index is 0.584. The van der Waals surface area contributed by atoms with Crippen molar-refractivity contribution < 1.29 is 0 Å². The number of para-hydroxylation sites is 1. The summed E-state index contributed by atoms with van der Waals surface area (Å²) < 4.78 is 3.27. The number of anilines is 1. The number of rotatable bonds is 3. The zero-order chi connectivity index (χ0) is 8.97. The van der Waals surface area contributed by atoms with Gasteiger partial charge in [-0.2, -0.15) is 0 Å². The fraction of sp³-hybridized carbons (Fsp3) is 0.400. The van der Waals surface area contributed by atoms with Gasteiger partial charge in [0.15, 0.2) is 0 Å². The van der Waals surface area contributed by atoms with Gasteiger partial charge >= 0.3 is 0 Å². The first-order chi connectivity index (χ1) is 5.75. The molecule has 2 heteroatoms. The lowest BCUT2D eigenvalue weighted by Gasteiger charge is -2.12. The van der Waals surface area contributed by atoms with Crippen molar-refractivity contribution in [3.63, 3.8) is 0 Å². The van der Waals surface area contributed by atoms with E-state index in [9.17, 15) is 0 Å². The largest absolute Gasteiger partial charge is 0.330 e. The van der Waals surface area contributed by atoms with Crippen molar-refractivity contribution in [2.45, 2.75) is 19.8 Å². The molecule has 0 bridgehead atoms. The van der Waals surface area contributed by atoms with Crippen molar-refractivity contribution in [2.75, 3.05) is 11.0 Å². The molecule has 0 atom stereocenters. The van der Waals surface area contributed by atoms with E-state index in [1.165, 1.54) is 11.3 Å². The summed E-state index contributed by atoms with van der Waals surface area (Å²) in [7, 11) is 0. The first-order valence-corrected chi connectivity index (χ1v) is 5.36. The topological polar surface area (TPSA) is 12.0 Å². The molecule has 66 valence electrons. The predicted molar refractivity (Wildman–Crippen MR) is 57.7 cm³/mol. The van der Waals surface area contributed by atoms with Crippen molar-refractivity contribution in [1.82, 2.24) is 0 Å². The van der Waals surface area contributed by atoms with Gasteiger partial charge in [0, 0.05) is 11.9 Å². The molecule has 1 nitrogen and oxygen atoms in total. The van der Waals surface area contributed by atoms with Crippen LogP contribution in [0.4, 0.5) is 5.69 Å². The Labute approximate surface area is 78.7 Å². The fourth-order valence-electron chi connectivity index (χ4n) is 1.20. The van der Waals surface area contributed by atoms with Crippen LogP contribution in [0.2, 0.25) is 0 Å². The van der Waals surface area contributed by atoms with Gasteiger partial charge in [0.2, 0.25) is 0 Å². The van der Waals surface area contributed by atoms with Crippen LogP contribution in [0.3, 0.4) is 0 Å². The van der Waals surface area contributed by atoms with Gasteiger partial charge < -0.3 is 4.72 Å². The normalized spacial score (nSPS) is 10.3. The minimum Gasteiger partial charge on any atom is -0.330 e. The summed E-state index contributed by atoms with van der Waals surface area (Å²) >= 11 is 1.64. The van der Waals surface area contributed by atoms with Crippen LogP contribution >= 0.6 is 11.9 Å². The Morgan fingerprint density at radius 2 is 1.92 bits per heavy atom. The maximum Gasteiger partial charge on any atom is 0.0474 e. The molecule has 1 aromatic rings. The van der Waals surface area contributed by atoms with Gasteiger partial charge in [-0.1, -0.05) is 44.0 Å². The van der Waals surface area contributed by atoms with E-state index in [4.69, 9.17) is 0 Å². The first kappa shape index (κ1) is 9.46. The molecule has 0 radical (unpaired) electrons. The predicted octanol–water partition coefficient (Wildman–Crippen LogP) is 3.50. The average Bonchev–Trinajstić information content (AvgIpc) is 2.05. The highest BCUT2D eigenvalue weighted by Crippen LogP contribution is 2.24. The summed E-state index contributed by atoms with van der Waals surface area (Å²) in [6.07, 6.45) is 2.04. The van der Waals surface area contributed by atoms with Crippen molar-refractivity contribution >= 4 is 17.6 Å². The number of hydrogen-bond acceptors (Lipinski definition) is 2. The van der Waals surface area contributed by atoms with E-state index in [0.717, 1.165) is 0 Å². The SMILES string of the molecule is CSNc1ccccc1C(C)C. The molecule has 0 unspecified atom stereocenters. The van der Waals surface area contributed by atoms with E-state index in [2.05, 4.69) is 42.8 Å². The van der Waals surface area contributed by atoms with Crippen LogP contribution in [0.15, 0.2) is 24.3 Å². The third-order valence-corrected chi connectivity index (χ3v) is 2.22. The third kappa shape index (κ3) is 2.18. The lowest BCUT2D eigenvalue weighted by atomic mass is 10.0. The van der Waals surface area contributed by atoms with Gasteiger partial charge in [0.1, 0.15) is 0 Å². The van der Waals surface area contributed by atoms with Gasteiger partial charge in [0.25, 0.3) is 0 Å². The summed E-state index contributed by atoms with van der Waals surface area (Å²) in [6.45, 7) is 4.42. The van der Waals surface area contributed by atoms with Crippen LogP contribution < -0.4 is 4.72 Å². The highest BCUT2D eigenvalue weighted by Gasteiger charge is 2.03. The third-order valence-electron chi connectivity index (χ3n) is 1.79. The van der Waals surface area contributed by atoms with E-state index < -0.39 is 0 Å². The molecule has 0 amide bonds. The van der Waals surface area contributed by atoms with E-state index in [0.29, 0.717) is 5.92 Å². The second-order valence-electron chi connectivity index (χ2n) is 3.05. The maximum absolute atomic E-state index is 3.27. The quantitative estimate of drug-likeness (QED) is 0.716. The Morgan fingerprint density at radius 3 is 2.50 bits per heavy atom. The molecule has 0 heterocycles. The van der Waals surface area contributed by atoms with E-state index in [1.54, 1.807) is 11.9 Å². The second-order valence-corrected chi connectivity index (χ2v) is 3.66. The zero-order valence-corrected chi connectivity index (χ0v) is 8.61. The molecule has 12 heavy (non-hydrogen) atoms. The van der Waals surface area contributed by atoms with Gasteiger partial charge in [-0.3, -0.25) is 0 Å². The average molecular weight is 181 g/mol. The van der Waals surface area contributed by atoms with Crippen LogP contribution in [-0.4, -0.2) is 6.26 Å². The number of nitrogens with one attached hydrogen (secondary N) is 1. The van der Waals surface area contributed by atoms with Gasteiger partial charge in [0.05, 0.1) is 0 Å². The highest BCUT2D eigenvalue weighted by atomic mass is 32.2. The molecule has 0 fully saturated rings. The number of hydrogen-bond donors (Lipinski definition) is 1. The lowest BCUT2D eigenvalue weighted by Crippen LogP contribution is -1.94. The monoisotopic (exact) mass is 181 g/mol. The molecule has 1 rings (SSSR count). The van der Waals surface area contributed by atoms with Crippen molar-refractivity contribution in [3.05, 3.63) is 29.8 Å². The molecule has 0 aromatic heterocycles. The van der Waals surface area contributed by atoms with Crippen LogP contribution in [0, 0.1) is 0 Å². The van der Waals surface area contributed by atoms with Crippen molar-refractivity contribution in [1.29, 1.82) is 0 Å². The van der Waals surface area contributed by atoms with Gasteiger partial charge in [-0.05, 0) is 17.5 Å². The van der Waals surface area contributed by atoms with E-state index in [-0.39, 0.29) is 0 Å². The molecular formula is C10H15NS. The highest BCUT2D eigenvalue weighted by molar-refractivity contribution is 7.99. The fourth-order valence-corrected chi connectivity index (χ4v) is 1.61. The molecule has 0 aliphatic heterocycles. The summed E-state index contributed by atoms with van der Waals surface area (Å²) in [6, 6.07) is 8.43. The Bertz CT molecular complexity index is 245. The molecule has 1 aromatic carbocycles.